The first-order valence-electron chi connectivity index (χ1n) is 7.58. The number of nitrogens with zero attached hydrogens (tertiary/aromatic N) is 2. The lowest BCUT2D eigenvalue weighted by atomic mass is 10.1. The molecule has 2 rings (SSSR count). The van der Waals surface area contributed by atoms with Crippen LogP contribution in [0.5, 0.6) is 5.75 Å². The van der Waals surface area contributed by atoms with Crippen LogP contribution in [-0.2, 0) is 18.0 Å². The number of hydrogen-bond acceptors (Lipinski definition) is 2. The minimum Gasteiger partial charge on any atom is -0.489 e. The van der Waals surface area contributed by atoms with Crippen molar-refractivity contribution in [3.8, 4) is 5.75 Å². The summed E-state index contributed by atoms with van der Waals surface area (Å²) in [6.45, 7) is 7.30. The van der Waals surface area contributed by atoms with Gasteiger partial charge in [0.25, 0.3) is 0 Å². The number of imidazole rings is 1. The summed E-state index contributed by atoms with van der Waals surface area (Å²) < 4.78 is 15.5. The van der Waals surface area contributed by atoms with Crippen LogP contribution >= 0.6 is 0 Å². The van der Waals surface area contributed by atoms with E-state index in [1.165, 1.54) is 0 Å². The molecule has 1 atom stereocenters. The van der Waals surface area contributed by atoms with Gasteiger partial charge in [0, 0.05) is 0 Å². The van der Waals surface area contributed by atoms with Crippen molar-refractivity contribution < 1.29 is 14.0 Å². The second-order valence-corrected chi connectivity index (χ2v) is 5.34. The Kier molecular flexibility index (Phi) is 6.28. The van der Waals surface area contributed by atoms with Gasteiger partial charge in [-0.05, 0) is 18.1 Å². The SMILES string of the molecule is CC[C@@H](C)COC[n+]1ccn(CCOc2ccccc2)c1. The summed E-state index contributed by atoms with van der Waals surface area (Å²) in [5.41, 5.74) is 0. The van der Waals surface area contributed by atoms with Gasteiger partial charge >= 0.3 is 0 Å². The van der Waals surface area contributed by atoms with E-state index in [0.717, 1.165) is 25.3 Å². The average Bonchev–Trinajstić information content (AvgIpc) is 2.96. The normalized spacial score (nSPS) is 12.3. The predicted octanol–water partition coefficient (Wildman–Crippen LogP) is 2.87. The molecular weight excluding hydrogens is 264 g/mol. The zero-order valence-electron chi connectivity index (χ0n) is 12.9. The summed E-state index contributed by atoms with van der Waals surface area (Å²) in [7, 11) is 0. The van der Waals surface area contributed by atoms with Crippen molar-refractivity contribution in [3.05, 3.63) is 49.1 Å². The van der Waals surface area contributed by atoms with E-state index in [4.69, 9.17) is 9.47 Å². The van der Waals surface area contributed by atoms with E-state index in [-0.39, 0.29) is 0 Å². The van der Waals surface area contributed by atoms with Gasteiger partial charge in [0.05, 0.1) is 6.61 Å². The van der Waals surface area contributed by atoms with E-state index < -0.39 is 0 Å². The largest absolute Gasteiger partial charge is 0.489 e. The molecule has 1 aromatic heterocycles. The van der Waals surface area contributed by atoms with Crippen molar-refractivity contribution in [1.29, 1.82) is 0 Å². The zero-order valence-corrected chi connectivity index (χ0v) is 12.9. The second-order valence-electron chi connectivity index (χ2n) is 5.34. The van der Waals surface area contributed by atoms with Crippen molar-refractivity contribution in [1.82, 2.24) is 4.57 Å². The fourth-order valence-corrected chi connectivity index (χ4v) is 1.91. The van der Waals surface area contributed by atoms with Crippen LogP contribution < -0.4 is 9.30 Å². The van der Waals surface area contributed by atoms with Gasteiger partial charge in [-0.2, -0.15) is 0 Å². The third-order valence-corrected chi connectivity index (χ3v) is 3.45. The molecule has 1 heterocycles. The van der Waals surface area contributed by atoms with Crippen LogP contribution in [0.25, 0.3) is 0 Å². The molecule has 0 saturated heterocycles. The number of benzene rings is 1. The molecule has 0 aliphatic carbocycles. The van der Waals surface area contributed by atoms with Gasteiger partial charge in [-0.15, -0.1) is 0 Å². The summed E-state index contributed by atoms with van der Waals surface area (Å²) in [6, 6.07) is 9.89. The molecule has 0 aliphatic heterocycles. The van der Waals surface area contributed by atoms with E-state index in [9.17, 15) is 0 Å². The van der Waals surface area contributed by atoms with Gasteiger partial charge in [0.2, 0.25) is 6.33 Å². The zero-order chi connectivity index (χ0) is 14.9. The molecule has 0 radical (unpaired) electrons. The standard InChI is InChI=1S/C17H25N2O2/c1-3-16(2)13-20-15-19-10-9-18(14-19)11-12-21-17-7-5-4-6-8-17/h4-10,14,16H,3,11-13,15H2,1-2H3/q+1/t16-/m1/s1. The number of rotatable bonds is 9. The molecule has 0 aliphatic rings. The molecule has 0 spiro atoms. The average molecular weight is 289 g/mol. The summed E-state index contributed by atoms with van der Waals surface area (Å²) in [4.78, 5) is 0. The molecule has 4 nitrogen and oxygen atoms in total. The highest BCUT2D eigenvalue weighted by Crippen LogP contribution is 2.07. The van der Waals surface area contributed by atoms with Gasteiger partial charge < -0.3 is 9.47 Å². The highest BCUT2D eigenvalue weighted by molar-refractivity contribution is 5.20. The molecule has 114 valence electrons. The molecule has 21 heavy (non-hydrogen) atoms. The Labute approximate surface area is 126 Å². The smallest absolute Gasteiger partial charge is 0.245 e. The predicted molar refractivity (Wildman–Crippen MR) is 82.0 cm³/mol. The lowest BCUT2D eigenvalue weighted by Gasteiger charge is -2.07. The van der Waals surface area contributed by atoms with Crippen molar-refractivity contribution in [2.45, 2.75) is 33.5 Å². The lowest BCUT2D eigenvalue weighted by molar-refractivity contribution is -0.732. The molecular formula is C17H25N2O2+. The van der Waals surface area contributed by atoms with E-state index in [1.807, 2.05) is 53.6 Å². The van der Waals surface area contributed by atoms with E-state index >= 15 is 0 Å². The maximum Gasteiger partial charge on any atom is 0.245 e. The Morgan fingerprint density at radius 3 is 2.81 bits per heavy atom. The molecule has 0 amide bonds. The Morgan fingerprint density at radius 1 is 1.24 bits per heavy atom. The van der Waals surface area contributed by atoms with Gasteiger partial charge in [0.1, 0.15) is 31.3 Å². The lowest BCUT2D eigenvalue weighted by Crippen LogP contribution is -2.33. The highest BCUT2D eigenvalue weighted by atomic mass is 16.5. The molecule has 0 fully saturated rings. The van der Waals surface area contributed by atoms with Gasteiger partial charge in [0.15, 0.2) is 6.73 Å². The van der Waals surface area contributed by atoms with Crippen LogP contribution in [0.4, 0.5) is 0 Å². The molecule has 1 aromatic carbocycles. The maximum atomic E-state index is 5.68. The van der Waals surface area contributed by atoms with Crippen LogP contribution in [0.15, 0.2) is 49.1 Å². The number of aromatic nitrogens is 2. The number of ether oxygens (including phenoxy) is 2. The fraction of sp³-hybridized carbons (Fsp3) is 0.471. The summed E-state index contributed by atoms with van der Waals surface area (Å²) in [5.74, 6) is 1.53. The fourth-order valence-electron chi connectivity index (χ4n) is 1.91. The minimum absolute atomic E-state index is 0.608. The molecule has 0 N–H and O–H groups in total. The van der Waals surface area contributed by atoms with Crippen LogP contribution in [0.1, 0.15) is 20.3 Å². The monoisotopic (exact) mass is 289 g/mol. The highest BCUT2D eigenvalue weighted by Gasteiger charge is 2.05. The first kappa shape index (κ1) is 15.6. The second kappa shape index (κ2) is 8.47. The first-order chi connectivity index (χ1) is 10.3. The maximum absolute atomic E-state index is 5.68. The van der Waals surface area contributed by atoms with Crippen molar-refractivity contribution in [3.63, 3.8) is 0 Å². The third-order valence-electron chi connectivity index (χ3n) is 3.45. The van der Waals surface area contributed by atoms with Crippen LogP contribution in [0.2, 0.25) is 0 Å². The molecule has 0 bridgehead atoms. The summed E-state index contributed by atoms with van der Waals surface area (Å²) >= 11 is 0. The molecule has 4 heteroatoms. The van der Waals surface area contributed by atoms with Gasteiger partial charge in [-0.3, -0.25) is 0 Å². The van der Waals surface area contributed by atoms with Crippen molar-refractivity contribution in [2.24, 2.45) is 5.92 Å². The number of hydrogen-bond donors (Lipinski definition) is 0. The van der Waals surface area contributed by atoms with Crippen molar-refractivity contribution >= 4 is 0 Å². The van der Waals surface area contributed by atoms with Gasteiger partial charge in [-0.25, -0.2) is 9.13 Å². The first-order valence-corrected chi connectivity index (χ1v) is 7.58. The van der Waals surface area contributed by atoms with E-state index in [0.29, 0.717) is 19.3 Å². The molecule has 0 unspecified atom stereocenters. The van der Waals surface area contributed by atoms with Gasteiger partial charge in [-0.1, -0.05) is 38.5 Å². The Bertz CT molecular complexity index is 511. The van der Waals surface area contributed by atoms with Crippen molar-refractivity contribution in [2.75, 3.05) is 13.2 Å². The van der Waals surface area contributed by atoms with E-state index in [1.54, 1.807) is 0 Å². The Hall–Kier alpha value is -1.81. The number of para-hydroxylation sites is 1. The Morgan fingerprint density at radius 2 is 2.05 bits per heavy atom. The third kappa shape index (κ3) is 5.60. The van der Waals surface area contributed by atoms with Crippen LogP contribution in [0, 0.1) is 5.92 Å². The minimum atomic E-state index is 0.608. The quantitative estimate of drug-likeness (QED) is 0.664. The van der Waals surface area contributed by atoms with Crippen LogP contribution in [0.3, 0.4) is 0 Å². The Balaban J connectivity index is 1.68. The summed E-state index contributed by atoms with van der Waals surface area (Å²) in [6.07, 6.45) is 7.27. The van der Waals surface area contributed by atoms with E-state index in [2.05, 4.69) is 18.4 Å². The molecule has 2 aromatic rings. The molecule has 0 saturated carbocycles. The van der Waals surface area contributed by atoms with Crippen LogP contribution in [-0.4, -0.2) is 17.8 Å². The topological polar surface area (TPSA) is 27.3 Å². The summed E-state index contributed by atoms with van der Waals surface area (Å²) in [5, 5.41) is 0.